The summed E-state index contributed by atoms with van der Waals surface area (Å²) in [7, 11) is -1.74. The van der Waals surface area contributed by atoms with Crippen LogP contribution in [0, 0.1) is 17.8 Å². The van der Waals surface area contributed by atoms with Crippen LogP contribution in [0.1, 0.15) is 72.9 Å². The smallest absolute Gasteiger partial charge is 0.335 e. The summed E-state index contributed by atoms with van der Waals surface area (Å²) in [4.78, 5) is 14.4. The molecule has 8 nitrogen and oxygen atoms in total. The highest BCUT2D eigenvalue weighted by Gasteiger charge is 2.46. The molecule has 2 aromatic carbocycles. The largest absolute Gasteiger partial charge is 0.490 e. The molecule has 1 spiro atoms. The van der Waals surface area contributed by atoms with Crippen LogP contribution in [0.3, 0.4) is 0 Å². The van der Waals surface area contributed by atoms with Gasteiger partial charge in [0.1, 0.15) is 5.75 Å². The SMILES string of the molecule is CO[C@H]([C@H]1CCC[C@@H](OS(C)(=O)=O)C1)[C@@H]1CC[C@H]1CN1C[C@]2(CCCc3cc(Cl)ccc32)COc2ccc(C(=O)O)cc21. The molecule has 2 fully saturated rings. The first kappa shape index (κ1) is 30.7. The summed E-state index contributed by atoms with van der Waals surface area (Å²) in [6, 6.07) is 11.4. The molecule has 3 aliphatic carbocycles. The van der Waals surface area contributed by atoms with Gasteiger partial charge in [0.25, 0.3) is 10.1 Å². The molecule has 0 radical (unpaired) electrons. The van der Waals surface area contributed by atoms with E-state index in [0.717, 1.165) is 87.2 Å². The molecular weight excluding hydrogens is 590 g/mol. The average molecular weight is 632 g/mol. The highest BCUT2D eigenvalue weighted by molar-refractivity contribution is 7.86. The Bertz CT molecular complexity index is 1470. The van der Waals surface area contributed by atoms with Gasteiger partial charge in [-0.25, -0.2) is 4.79 Å². The number of benzene rings is 2. The van der Waals surface area contributed by atoms with Crippen LogP contribution in [0.4, 0.5) is 5.69 Å². The first-order valence-corrected chi connectivity index (χ1v) is 17.7. The summed E-state index contributed by atoms with van der Waals surface area (Å²) < 4.78 is 41.7. The summed E-state index contributed by atoms with van der Waals surface area (Å²) in [6.45, 7) is 2.02. The molecule has 0 saturated heterocycles. The molecule has 0 unspecified atom stereocenters. The van der Waals surface area contributed by atoms with Crippen molar-refractivity contribution in [3.05, 3.63) is 58.1 Å². The van der Waals surface area contributed by atoms with E-state index < -0.39 is 16.1 Å². The van der Waals surface area contributed by atoms with E-state index in [1.54, 1.807) is 25.3 Å². The molecule has 1 N–H and O–H groups in total. The lowest BCUT2D eigenvalue weighted by Gasteiger charge is -2.48. The van der Waals surface area contributed by atoms with Gasteiger partial charge in [0.15, 0.2) is 0 Å². The third-order valence-electron chi connectivity index (χ3n) is 10.4. The molecule has 0 aromatic heterocycles. The maximum atomic E-state index is 12.0. The second kappa shape index (κ2) is 12.2. The number of rotatable bonds is 8. The molecule has 6 atom stereocenters. The van der Waals surface area contributed by atoms with Crippen LogP contribution < -0.4 is 9.64 Å². The van der Waals surface area contributed by atoms with Crippen molar-refractivity contribution >= 4 is 33.4 Å². The molecule has 2 aromatic rings. The van der Waals surface area contributed by atoms with E-state index in [2.05, 4.69) is 17.0 Å². The minimum atomic E-state index is -3.51. The van der Waals surface area contributed by atoms with E-state index >= 15 is 0 Å². The van der Waals surface area contributed by atoms with Crippen LogP contribution in [0.2, 0.25) is 5.02 Å². The van der Waals surface area contributed by atoms with Crippen molar-refractivity contribution in [1.29, 1.82) is 0 Å². The number of carboxylic acid groups (broad SMARTS) is 1. The van der Waals surface area contributed by atoms with Crippen LogP contribution in [0.25, 0.3) is 0 Å². The summed E-state index contributed by atoms with van der Waals surface area (Å²) in [5, 5.41) is 10.6. The molecule has 0 amide bonds. The Morgan fingerprint density at radius 3 is 2.72 bits per heavy atom. The van der Waals surface area contributed by atoms with E-state index in [4.69, 9.17) is 25.3 Å². The van der Waals surface area contributed by atoms with Gasteiger partial charge in [-0.3, -0.25) is 4.18 Å². The molecule has 6 rings (SSSR count). The van der Waals surface area contributed by atoms with Crippen LogP contribution in [-0.2, 0) is 30.9 Å². The number of hydrogen-bond donors (Lipinski definition) is 1. The number of ether oxygens (including phenoxy) is 2. The van der Waals surface area contributed by atoms with Gasteiger partial charge in [-0.2, -0.15) is 8.42 Å². The summed E-state index contributed by atoms with van der Waals surface area (Å²) >= 11 is 6.40. The monoisotopic (exact) mass is 631 g/mol. The predicted molar refractivity (Wildman–Crippen MR) is 166 cm³/mol. The topological polar surface area (TPSA) is 102 Å². The number of aryl methyl sites for hydroxylation is 1. The standard InChI is InChI=1S/C33H42ClNO7S/c1-40-31(22-5-3-7-26(16-22)42-43(2,38)39)27-11-8-24(27)18-35-19-33(14-4-6-21-15-25(34)10-12-28(21)33)20-41-30-13-9-23(32(36)37)17-29(30)35/h9-10,12-13,15,17,22,24,26-27,31H,3-8,11,14,16,18-20H2,1-2H3,(H,36,37)/t22-,24-,26+,27+,31+,33+/m0/s1. The number of methoxy groups -OCH3 is 1. The molecule has 10 heteroatoms. The van der Waals surface area contributed by atoms with Gasteiger partial charge in [0, 0.05) is 30.6 Å². The molecule has 0 bridgehead atoms. The fourth-order valence-electron chi connectivity index (χ4n) is 8.32. The lowest BCUT2D eigenvalue weighted by atomic mass is 9.65. The van der Waals surface area contributed by atoms with Crippen molar-refractivity contribution in [3.63, 3.8) is 0 Å². The van der Waals surface area contributed by atoms with Crippen molar-refractivity contribution in [2.24, 2.45) is 17.8 Å². The maximum absolute atomic E-state index is 12.0. The fraction of sp³-hybridized carbons (Fsp3) is 0.606. The van der Waals surface area contributed by atoms with E-state index in [0.29, 0.717) is 24.9 Å². The van der Waals surface area contributed by atoms with Gasteiger partial charge in [0.05, 0.1) is 36.3 Å². The Kier molecular flexibility index (Phi) is 8.72. The van der Waals surface area contributed by atoms with Crippen molar-refractivity contribution in [2.45, 2.75) is 75.4 Å². The minimum absolute atomic E-state index is 0.0178. The van der Waals surface area contributed by atoms with Gasteiger partial charge in [-0.1, -0.05) is 24.1 Å². The third kappa shape index (κ3) is 6.42. The second-order valence-electron chi connectivity index (χ2n) is 13.1. The quantitative estimate of drug-likeness (QED) is 0.350. The Balaban J connectivity index is 1.28. The first-order chi connectivity index (χ1) is 20.5. The second-order valence-corrected chi connectivity index (χ2v) is 15.2. The van der Waals surface area contributed by atoms with Crippen LogP contribution >= 0.6 is 11.6 Å². The lowest BCUT2D eigenvalue weighted by molar-refractivity contribution is -0.0693. The zero-order valence-corrected chi connectivity index (χ0v) is 26.5. The van der Waals surface area contributed by atoms with E-state index in [9.17, 15) is 18.3 Å². The van der Waals surface area contributed by atoms with Gasteiger partial charge in [-0.05, 0) is 111 Å². The Morgan fingerprint density at radius 2 is 2.00 bits per heavy atom. The lowest BCUT2D eigenvalue weighted by Crippen LogP contribution is -2.51. The fourth-order valence-corrected chi connectivity index (χ4v) is 9.18. The highest BCUT2D eigenvalue weighted by Crippen LogP contribution is 2.48. The number of aromatic carboxylic acids is 1. The Morgan fingerprint density at radius 1 is 1.16 bits per heavy atom. The zero-order chi connectivity index (χ0) is 30.4. The molecule has 2 saturated carbocycles. The van der Waals surface area contributed by atoms with E-state index in [1.165, 1.54) is 11.1 Å². The van der Waals surface area contributed by atoms with Gasteiger partial charge in [0.2, 0.25) is 0 Å². The van der Waals surface area contributed by atoms with Gasteiger partial charge in [-0.15, -0.1) is 0 Å². The van der Waals surface area contributed by atoms with Gasteiger partial charge < -0.3 is 19.5 Å². The average Bonchev–Trinajstić information content (AvgIpc) is 3.10. The summed E-state index contributed by atoms with van der Waals surface area (Å²) in [6.07, 6.45) is 9.31. The van der Waals surface area contributed by atoms with E-state index in [1.807, 2.05) is 6.07 Å². The van der Waals surface area contributed by atoms with E-state index in [-0.39, 0.29) is 29.1 Å². The minimum Gasteiger partial charge on any atom is -0.490 e. The van der Waals surface area contributed by atoms with Crippen molar-refractivity contribution < 1.29 is 32.0 Å². The van der Waals surface area contributed by atoms with Crippen molar-refractivity contribution in [1.82, 2.24) is 0 Å². The van der Waals surface area contributed by atoms with Crippen molar-refractivity contribution in [2.75, 3.05) is 38.0 Å². The number of hydrogen-bond acceptors (Lipinski definition) is 7. The third-order valence-corrected chi connectivity index (χ3v) is 11.2. The molecule has 1 heterocycles. The molecular formula is C33H42ClNO7S. The van der Waals surface area contributed by atoms with Crippen LogP contribution in [0.5, 0.6) is 5.75 Å². The summed E-state index contributed by atoms with van der Waals surface area (Å²) in [5.41, 5.74) is 3.39. The normalized spacial score (nSPS) is 29.5. The molecule has 43 heavy (non-hydrogen) atoms. The Labute approximate surface area is 259 Å². The number of halogens is 1. The highest BCUT2D eigenvalue weighted by atomic mass is 35.5. The number of carbonyl (C=O) groups is 1. The first-order valence-electron chi connectivity index (χ1n) is 15.5. The number of fused-ring (bicyclic) bond motifs is 3. The number of carboxylic acids is 1. The van der Waals surface area contributed by atoms with Crippen LogP contribution in [0.15, 0.2) is 36.4 Å². The molecule has 1 aliphatic heterocycles. The molecule has 234 valence electrons. The number of anilines is 1. The van der Waals surface area contributed by atoms with Crippen LogP contribution in [-0.4, -0.2) is 64.8 Å². The van der Waals surface area contributed by atoms with Crippen molar-refractivity contribution in [3.8, 4) is 5.75 Å². The predicted octanol–water partition coefficient (Wildman–Crippen LogP) is 6.09. The van der Waals surface area contributed by atoms with Gasteiger partial charge >= 0.3 is 5.97 Å². The Hall–Kier alpha value is -2.33. The number of nitrogens with zero attached hydrogens (tertiary/aromatic N) is 1. The summed E-state index contributed by atoms with van der Waals surface area (Å²) in [5.74, 6) is 0.679. The maximum Gasteiger partial charge on any atom is 0.335 e. The zero-order valence-electron chi connectivity index (χ0n) is 25.0. The molecule has 4 aliphatic rings.